The second-order valence-corrected chi connectivity index (χ2v) is 9.58. The van der Waals surface area contributed by atoms with Crippen molar-refractivity contribution in [3.63, 3.8) is 0 Å². The fourth-order valence-corrected chi connectivity index (χ4v) is 5.26. The SMILES string of the molecule is O=C(N[C@H]1CC[C@H](CCN2CCN(c3nccc4c3OCC4)CC2)CC1)C1CC1(F)F. The van der Waals surface area contributed by atoms with E-state index in [1.54, 1.807) is 0 Å². The van der Waals surface area contributed by atoms with Crippen LogP contribution in [0.2, 0.25) is 0 Å². The Morgan fingerprint density at radius 2 is 1.94 bits per heavy atom. The Balaban J connectivity index is 1.01. The lowest BCUT2D eigenvalue weighted by Crippen LogP contribution is -2.47. The van der Waals surface area contributed by atoms with Gasteiger partial charge in [-0.05, 0) is 50.6 Å². The van der Waals surface area contributed by atoms with E-state index < -0.39 is 17.7 Å². The van der Waals surface area contributed by atoms with Crippen molar-refractivity contribution in [2.75, 3.05) is 44.2 Å². The van der Waals surface area contributed by atoms with Gasteiger partial charge in [0.05, 0.1) is 6.61 Å². The Kier molecular flexibility index (Phi) is 5.75. The molecule has 2 aliphatic carbocycles. The van der Waals surface area contributed by atoms with Crippen molar-refractivity contribution >= 4 is 11.7 Å². The highest BCUT2D eigenvalue weighted by molar-refractivity contribution is 5.83. The minimum Gasteiger partial charge on any atom is -0.489 e. The van der Waals surface area contributed by atoms with E-state index in [2.05, 4.69) is 26.2 Å². The molecule has 0 spiro atoms. The highest BCUT2D eigenvalue weighted by Crippen LogP contribution is 2.48. The van der Waals surface area contributed by atoms with Gasteiger partial charge in [0, 0.05) is 56.8 Å². The first-order valence-electron chi connectivity index (χ1n) is 11.8. The van der Waals surface area contributed by atoms with E-state index in [9.17, 15) is 13.6 Å². The lowest BCUT2D eigenvalue weighted by atomic mass is 9.84. The largest absolute Gasteiger partial charge is 0.489 e. The number of amides is 1. The fourth-order valence-electron chi connectivity index (χ4n) is 5.26. The number of carbonyl (C=O) groups is 1. The third-order valence-corrected chi connectivity index (χ3v) is 7.45. The molecule has 6 nitrogen and oxygen atoms in total. The van der Waals surface area contributed by atoms with E-state index in [1.165, 1.54) is 12.0 Å². The van der Waals surface area contributed by atoms with Crippen LogP contribution in [0.3, 0.4) is 0 Å². The summed E-state index contributed by atoms with van der Waals surface area (Å²) in [4.78, 5) is 21.3. The molecule has 3 fully saturated rings. The molecule has 2 saturated carbocycles. The molecule has 0 aromatic carbocycles. The van der Waals surface area contributed by atoms with Gasteiger partial charge in [0.15, 0.2) is 11.6 Å². The first kappa shape index (κ1) is 20.9. The summed E-state index contributed by atoms with van der Waals surface area (Å²) >= 11 is 0. The summed E-state index contributed by atoms with van der Waals surface area (Å²) in [6, 6.07) is 2.13. The number of alkyl halides is 2. The molecule has 2 aliphatic heterocycles. The second-order valence-electron chi connectivity index (χ2n) is 9.58. The average molecular weight is 435 g/mol. The molecule has 3 heterocycles. The number of carbonyl (C=O) groups excluding carboxylic acids is 1. The number of fused-ring (bicyclic) bond motifs is 1. The zero-order chi connectivity index (χ0) is 21.4. The molecule has 1 amide bonds. The molecule has 1 unspecified atom stereocenters. The average Bonchev–Trinajstić information content (AvgIpc) is 3.18. The van der Waals surface area contributed by atoms with Crippen molar-refractivity contribution in [1.29, 1.82) is 0 Å². The number of nitrogens with zero attached hydrogens (tertiary/aromatic N) is 3. The molecule has 1 atom stereocenters. The summed E-state index contributed by atoms with van der Waals surface area (Å²) in [5.41, 5.74) is 1.27. The highest BCUT2D eigenvalue weighted by atomic mass is 19.3. The number of piperazine rings is 1. The Morgan fingerprint density at radius 3 is 2.65 bits per heavy atom. The normalized spacial score (nSPS) is 29.9. The predicted octanol–water partition coefficient (Wildman–Crippen LogP) is 2.86. The van der Waals surface area contributed by atoms with Gasteiger partial charge in [0.2, 0.25) is 5.91 Å². The van der Waals surface area contributed by atoms with Crippen LogP contribution in [-0.2, 0) is 11.2 Å². The topological polar surface area (TPSA) is 57.7 Å². The van der Waals surface area contributed by atoms with Crippen molar-refractivity contribution in [2.24, 2.45) is 11.8 Å². The zero-order valence-electron chi connectivity index (χ0n) is 18.0. The third-order valence-electron chi connectivity index (χ3n) is 7.45. The van der Waals surface area contributed by atoms with Gasteiger partial charge >= 0.3 is 0 Å². The molecule has 0 radical (unpaired) electrons. The van der Waals surface area contributed by atoms with Crippen LogP contribution < -0.4 is 15.0 Å². The molecule has 5 rings (SSSR count). The van der Waals surface area contributed by atoms with Gasteiger partial charge in [0.1, 0.15) is 5.92 Å². The monoisotopic (exact) mass is 434 g/mol. The van der Waals surface area contributed by atoms with Gasteiger partial charge in [-0.15, -0.1) is 0 Å². The van der Waals surface area contributed by atoms with Crippen molar-refractivity contribution in [1.82, 2.24) is 15.2 Å². The first-order valence-corrected chi connectivity index (χ1v) is 11.8. The number of hydrogen-bond acceptors (Lipinski definition) is 5. The minimum atomic E-state index is -2.77. The lowest BCUT2D eigenvalue weighted by molar-refractivity contribution is -0.125. The van der Waals surface area contributed by atoms with Gasteiger partial charge in [-0.25, -0.2) is 13.8 Å². The number of pyridine rings is 1. The number of ether oxygens (including phenoxy) is 1. The second kappa shape index (κ2) is 8.52. The molecule has 31 heavy (non-hydrogen) atoms. The van der Waals surface area contributed by atoms with Crippen molar-refractivity contribution in [3.8, 4) is 5.75 Å². The maximum Gasteiger partial charge on any atom is 0.260 e. The molecule has 4 aliphatic rings. The molecule has 1 saturated heterocycles. The van der Waals surface area contributed by atoms with E-state index in [4.69, 9.17) is 4.74 Å². The van der Waals surface area contributed by atoms with Gasteiger partial charge in [-0.2, -0.15) is 0 Å². The maximum absolute atomic E-state index is 13.0. The van der Waals surface area contributed by atoms with Crippen molar-refractivity contribution < 1.29 is 18.3 Å². The third kappa shape index (κ3) is 4.64. The van der Waals surface area contributed by atoms with Crippen LogP contribution >= 0.6 is 0 Å². The van der Waals surface area contributed by atoms with E-state index in [0.717, 1.165) is 83.0 Å². The summed E-state index contributed by atoms with van der Waals surface area (Å²) in [6.07, 6.45) is 7.72. The first-order chi connectivity index (χ1) is 15.0. The Morgan fingerprint density at radius 1 is 1.19 bits per heavy atom. The van der Waals surface area contributed by atoms with Crippen LogP contribution in [0.25, 0.3) is 0 Å². The van der Waals surface area contributed by atoms with Gasteiger partial charge in [-0.3, -0.25) is 9.69 Å². The van der Waals surface area contributed by atoms with Crippen LogP contribution in [0.4, 0.5) is 14.6 Å². The summed E-state index contributed by atoms with van der Waals surface area (Å²) in [7, 11) is 0. The Hall–Kier alpha value is -1.96. The number of anilines is 1. The Bertz CT molecular complexity index is 805. The molecule has 1 N–H and O–H groups in total. The molecular weight excluding hydrogens is 402 g/mol. The van der Waals surface area contributed by atoms with Crippen molar-refractivity contribution in [3.05, 3.63) is 17.8 Å². The number of aromatic nitrogens is 1. The maximum atomic E-state index is 13.0. The van der Waals surface area contributed by atoms with Crippen molar-refractivity contribution in [2.45, 2.75) is 56.9 Å². The number of rotatable bonds is 6. The smallest absolute Gasteiger partial charge is 0.260 e. The molecule has 8 heteroatoms. The standard InChI is InChI=1S/C23H32F2N4O2/c24-23(25)15-19(23)22(30)27-18-3-1-16(2-4-18)6-9-28-10-12-29(13-11-28)21-20-17(5-8-26-21)7-14-31-20/h5,8,16,18-19H,1-4,6-7,9-15H2,(H,27,30)/t16-,18-,19?. The molecule has 0 bridgehead atoms. The lowest BCUT2D eigenvalue weighted by Gasteiger charge is -2.37. The quantitative estimate of drug-likeness (QED) is 0.746. The summed E-state index contributed by atoms with van der Waals surface area (Å²) in [5.74, 6) is -1.65. The molecular formula is C23H32F2N4O2. The Labute approximate surface area is 182 Å². The number of halogens is 2. The van der Waals surface area contributed by atoms with Gasteiger partial charge in [0.25, 0.3) is 5.92 Å². The van der Waals surface area contributed by atoms with Crippen LogP contribution in [-0.4, -0.2) is 67.1 Å². The summed E-state index contributed by atoms with van der Waals surface area (Å²) in [6.45, 7) is 5.86. The van der Waals surface area contributed by atoms with Crippen LogP contribution in [0, 0.1) is 11.8 Å². The van der Waals surface area contributed by atoms with E-state index in [-0.39, 0.29) is 12.5 Å². The van der Waals surface area contributed by atoms with Crippen LogP contribution in [0.15, 0.2) is 12.3 Å². The molecule has 1 aromatic rings. The number of hydrogen-bond donors (Lipinski definition) is 1. The minimum absolute atomic E-state index is 0.0750. The fraction of sp³-hybridized carbons (Fsp3) is 0.739. The van der Waals surface area contributed by atoms with Crippen LogP contribution in [0.5, 0.6) is 5.75 Å². The van der Waals surface area contributed by atoms with E-state index in [1.807, 2.05) is 6.20 Å². The molecule has 170 valence electrons. The summed E-state index contributed by atoms with van der Waals surface area (Å²) < 4.78 is 31.9. The number of nitrogens with one attached hydrogen (secondary N) is 1. The molecule has 1 aromatic heterocycles. The highest BCUT2D eigenvalue weighted by Gasteiger charge is 2.61. The zero-order valence-corrected chi connectivity index (χ0v) is 18.0. The van der Waals surface area contributed by atoms with Gasteiger partial charge in [-0.1, -0.05) is 0 Å². The van der Waals surface area contributed by atoms with E-state index in [0.29, 0.717) is 5.92 Å². The van der Waals surface area contributed by atoms with E-state index >= 15 is 0 Å². The van der Waals surface area contributed by atoms with Crippen LogP contribution in [0.1, 0.15) is 44.1 Å². The predicted molar refractivity (Wildman–Crippen MR) is 114 cm³/mol. The van der Waals surface area contributed by atoms with Gasteiger partial charge < -0.3 is 15.0 Å². The summed E-state index contributed by atoms with van der Waals surface area (Å²) in [5, 5.41) is 2.85.